The standard InChI is InChI=1S/2C15H20O2.CH4.HI/c2*1-17-15(16)14(12-8-4-2-5-9-12)13-10-6-3-7-11-13;;/h2*2,4-5,8-9,13-14H,3,6-7,10-11H2,1H3;1H4;1H. The second-order valence-electron chi connectivity index (χ2n) is 9.62. The minimum atomic E-state index is -0.0805. The zero-order chi connectivity index (χ0) is 24.2. The highest BCUT2D eigenvalue weighted by Crippen LogP contribution is 2.37. The third kappa shape index (κ3) is 9.20. The summed E-state index contributed by atoms with van der Waals surface area (Å²) in [5.74, 6) is 0.617. The molecule has 0 amide bonds. The van der Waals surface area contributed by atoms with Crippen LogP contribution in [-0.4, -0.2) is 26.2 Å². The highest BCUT2D eigenvalue weighted by molar-refractivity contribution is 14.0. The first-order chi connectivity index (χ1) is 16.7. The van der Waals surface area contributed by atoms with Crippen molar-refractivity contribution in [1.29, 1.82) is 0 Å². The average Bonchev–Trinajstić information content (AvgIpc) is 2.91. The molecule has 2 aromatic rings. The molecule has 0 heterocycles. The Morgan fingerprint density at radius 2 is 0.917 bits per heavy atom. The Hall–Kier alpha value is -1.89. The van der Waals surface area contributed by atoms with Crippen molar-refractivity contribution in [2.75, 3.05) is 14.2 Å². The molecule has 2 aromatic carbocycles. The lowest BCUT2D eigenvalue weighted by molar-refractivity contribution is -0.145. The molecule has 2 atom stereocenters. The van der Waals surface area contributed by atoms with Crippen LogP contribution in [0.4, 0.5) is 0 Å². The first kappa shape index (κ1) is 32.1. The number of rotatable bonds is 6. The van der Waals surface area contributed by atoms with E-state index in [9.17, 15) is 9.59 Å². The molecule has 0 aliphatic heterocycles. The fraction of sp³-hybridized carbons (Fsp3) is 0.548. The second-order valence-corrected chi connectivity index (χ2v) is 9.62. The van der Waals surface area contributed by atoms with E-state index in [4.69, 9.17) is 9.47 Å². The number of halogens is 1. The van der Waals surface area contributed by atoms with Gasteiger partial charge in [-0.1, -0.05) is 107 Å². The van der Waals surface area contributed by atoms with Crippen molar-refractivity contribution in [3.63, 3.8) is 0 Å². The first-order valence-electron chi connectivity index (χ1n) is 12.9. The van der Waals surface area contributed by atoms with E-state index in [1.165, 1.54) is 52.7 Å². The summed E-state index contributed by atoms with van der Waals surface area (Å²) in [5.41, 5.74) is 2.21. The van der Waals surface area contributed by atoms with E-state index in [0.29, 0.717) is 11.8 Å². The fourth-order valence-electron chi connectivity index (χ4n) is 5.71. The Morgan fingerprint density at radius 3 is 1.19 bits per heavy atom. The van der Waals surface area contributed by atoms with Gasteiger partial charge >= 0.3 is 11.9 Å². The Balaban J connectivity index is 0.000000341. The van der Waals surface area contributed by atoms with Crippen LogP contribution in [0.3, 0.4) is 0 Å². The number of hydrogen-bond donors (Lipinski definition) is 0. The summed E-state index contributed by atoms with van der Waals surface area (Å²) in [6.45, 7) is 0. The lowest BCUT2D eigenvalue weighted by Gasteiger charge is -2.28. The Kier molecular flexibility index (Phi) is 15.7. The van der Waals surface area contributed by atoms with Crippen LogP contribution >= 0.6 is 24.0 Å². The average molecular weight is 609 g/mol. The number of benzene rings is 2. The number of ether oxygens (including phenoxy) is 2. The van der Waals surface area contributed by atoms with Crippen LogP contribution in [0.1, 0.15) is 94.6 Å². The van der Waals surface area contributed by atoms with Gasteiger partial charge in [0.25, 0.3) is 0 Å². The van der Waals surface area contributed by atoms with Gasteiger partial charge in [-0.05, 0) is 48.6 Å². The van der Waals surface area contributed by atoms with Crippen LogP contribution in [0.25, 0.3) is 0 Å². The molecule has 2 unspecified atom stereocenters. The molecule has 2 aliphatic carbocycles. The van der Waals surface area contributed by atoms with Crippen molar-refractivity contribution >= 4 is 35.9 Å². The summed E-state index contributed by atoms with van der Waals surface area (Å²) < 4.78 is 9.96. The summed E-state index contributed by atoms with van der Waals surface area (Å²) in [6, 6.07) is 20.1. The molecule has 4 nitrogen and oxygen atoms in total. The van der Waals surface area contributed by atoms with Gasteiger partial charge in [0.05, 0.1) is 26.1 Å². The molecule has 0 bridgehead atoms. The highest BCUT2D eigenvalue weighted by Gasteiger charge is 2.32. The van der Waals surface area contributed by atoms with Crippen molar-refractivity contribution in [2.45, 2.75) is 83.5 Å². The Morgan fingerprint density at radius 1 is 0.611 bits per heavy atom. The van der Waals surface area contributed by atoms with Crippen molar-refractivity contribution in [2.24, 2.45) is 11.8 Å². The summed E-state index contributed by atoms with van der Waals surface area (Å²) in [6.07, 6.45) is 12.2. The Bertz CT molecular complexity index is 785. The maximum absolute atomic E-state index is 12.0. The Labute approximate surface area is 235 Å². The SMILES string of the molecule is C.COC(=O)C(c1ccccc1)C1CCCCC1.COC(=O)C(c1ccccc1)C1CCCCC1.I. The van der Waals surface area contributed by atoms with Gasteiger partial charge in [0.1, 0.15) is 0 Å². The maximum Gasteiger partial charge on any atom is 0.313 e. The lowest BCUT2D eigenvalue weighted by atomic mass is 9.77. The first-order valence-corrected chi connectivity index (χ1v) is 12.9. The predicted octanol–water partition coefficient (Wildman–Crippen LogP) is 8.30. The number of hydrogen-bond acceptors (Lipinski definition) is 4. The molecule has 4 rings (SSSR count). The molecule has 200 valence electrons. The minimum Gasteiger partial charge on any atom is -0.469 e. The fourth-order valence-corrected chi connectivity index (χ4v) is 5.71. The number of carbonyl (C=O) groups excluding carboxylic acids is 2. The monoisotopic (exact) mass is 608 g/mol. The molecule has 0 N–H and O–H groups in total. The normalized spacial score (nSPS) is 17.6. The largest absolute Gasteiger partial charge is 0.469 e. The lowest BCUT2D eigenvalue weighted by Crippen LogP contribution is -2.24. The molecular weight excluding hydrogens is 563 g/mol. The smallest absolute Gasteiger partial charge is 0.313 e. The van der Waals surface area contributed by atoms with Crippen LogP contribution in [0.5, 0.6) is 0 Å². The second kappa shape index (κ2) is 17.5. The van der Waals surface area contributed by atoms with E-state index >= 15 is 0 Å². The van der Waals surface area contributed by atoms with E-state index in [2.05, 4.69) is 0 Å². The summed E-state index contributed by atoms with van der Waals surface area (Å²) >= 11 is 0. The van der Waals surface area contributed by atoms with Gasteiger partial charge in [0, 0.05) is 0 Å². The summed E-state index contributed by atoms with van der Waals surface area (Å²) in [7, 11) is 2.97. The van der Waals surface area contributed by atoms with Crippen LogP contribution in [0.2, 0.25) is 0 Å². The maximum atomic E-state index is 12.0. The van der Waals surface area contributed by atoms with Crippen LogP contribution < -0.4 is 0 Å². The third-order valence-electron chi connectivity index (χ3n) is 7.47. The molecular formula is C31H45IO4. The van der Waals surface area contributed by atoms with Gasteiger partial charge in [-0.3, -0.25) is 9.59 Å². The molecule has 0 saturated heterocycles. The van der Waals surface area contributed by atoms with Crippen molar-refractivity contribution in [1.82, 2.24) is 0 Å². The summed E-state index contributed by atoms with van der Waals surface area (Å²) in [4.78, 5) is 24.0. The highest BCUT2D eigenvalue weighted by atomic mass is 127. The number of methoxy groups -OCH3 is 2. The van der Waals surface area contributed by atoms with Crippen molar-refractivity contribution in [3.05, 3.63) is 71.8 Å². The van der Waals surface area contributed by atoms with Crippen LogP contribution in [-0.2, 0) is 19.1 Å². The van der Waals surface area contributed by atoms with Gasteiger partial charge in [0.2, 0.25) is 0 Å². The predicted molar refractivity (Wildman–Crippen MR) is 158 cm³/mol. The van der Waals surface area contributed by atoms with Crippen molar-refractivity contribution in [3.8, 4) is 0 Å². The van der Waals surface area contributed by atoms with Crippen molar-refractivity contribution < 1.29 is 19.1 Å². The molecule has 36 heavy (non-hydrogen) atoms. The van der Waals surface area contributed by atoms with Gasteiger partial charge < -0.3 is 9.47 Å². The zero-order valence-electron chi connectivity index (χ0n) is 21.2. The van der Waals surface area contributed by atoms with Gasteiger partial charge in [-0.2, -0.15) is 0 Å². The van der Waals surface area contributed by atoms with Crippen LogP contribution in [0, 0.1) is 11.8 Å². The minimum absolute atomic E-state index is 0. The van der Waals surface area contributed by atoms with Gasteiger partial charge in [-0.15, -0.1) is 24.0 Å². The number of carbonyl (C=O) groups is 2. The molecule has 0 aromatic heterocycles. The summed E-state index contributed by atoms with van der Waals surface area (Å²) in [5, 5.41) is 0. The molecule has 0 radical (unpaired) electrons. The molecule has 0 spiro atoms. The van der Waals surface area contributed by atoms with Gasteiger partial charge in [-0.25, -0.2) is 0 Å². The molecule has 2 saturated carbocycles. The van der Waals surface area contributed by atoms with E-state index in [0.717, 1.165) is 36.8 Å². The third-order valence-corrected chi connectivity index (χ3v) is 7.47. The van der Waals surface area contributed by atoms with Crippen LogP contribution in [0.15, 0.2) is 60.7 Å². The zero-order valence-corrected chi connectivity index (χ0v) is 23.5. The molecule has 2 aliphatic rings. The topological polar surface area (TPSA) is 52.6 Å². The van der Waals surface area contributed by atoms with E-state index in [-0.39, 0.29) is 55.2 Å². The molecule has 5 heteroatoms. The molecule has 2 fully saturated rings. The van der Waals surface area contributed by atoms with E-state index in [1.807, 2.05) is 60.7 Å². The van der Waals surface area contributed by atoms with Gasteiger partial charge in [0.15, 0.2) is 0 Å². The van der Waals surface area contributed by atoms with E-state index in [1.54, 1.807) is 0 Å². The number of esters is 2. The quantitative estimate of drug-likeness (QED) is 0.245. The van der Waals surface area contributed by atoms with E-state index < -0.39 is 0 Å².